The molecule has 1 aliphatic carbocycles. The Bertz CT molecular complexity index is 448. The number of hydrogen-bond donors (Lipinski definition) is 1. The van der Waals surface area contributed by atoms with Gasteiger partial charge in [0.15, 0.2) is 0 Å². The molecule has 0 radical (unpaired) electrons. The van der Waals surface area contributed by atoms with Crippen molar-refractivity contribution in [1.29, 1.82) is 0 Å². The van der Waals surface area contributed by atoms with Gasteiger partial charge in [-0.1, -0.05) is 25.7 Å². The average molecular weight is 261 g/mol. The van der Waals surface area contributed by atoms with Crippen molar-refractivity contribution in [3.8, 4) is 0 Å². The summed E-state index contributed by atoms with van der Waals surface area (Å²) in [6.45, 7) is 2.00. The molecule has 0 unspecified atom stereocenters. The predicted octanol–water partition coefficient (Wildman–Crippen LogP) is 3.85. The van der Waals surface area contributed by atoms with Crippen LogP contribution in [0.25, 0.3) is 0 Å². The van der Waals surface area contributed by atoms with E-state index in [0.717, 1.165) is 11.3 Å². The molecule has 1 aromatic carbocycles. The summed E-state index contributed by atoms with van der Waals surface area (Å²) >= 11 is 0. The zero-order valence-electron chi connectivity index (χ0n) is 11.9. The zero-order valence-corrected chi connectivity index (χ0v) is 11.9. The number of carboxylic acids is 1. The van der Waals surface area contributed by atoms with E-state index in [-0.39, 0.29) is 0 Å². The minimum atomic E-state index is -0.855. The largest absolute Gasteiger partial charge is 0.478 e. The van der Waals surface area contributed by atoms with Crippen LogP contribution in [-0.4, -0.2) is 24.2 Å². The molecule has 0 amide bonds. The van der Waals surface area contributed by atoms with Crippen molar-refractivity contribution < 1.29 is 9.90 Å². The van der Waals surface area contributed by atoms with Crippen molar-refractivity contribution in [1.82, 2.24) is 0 Å². The van der Waals surface area contributed by atoms with Crippen LogP contribution in [0, 0.1) is 6.92 Å². The lowest BCUT2D eigenvalue weighted by Gasteiger charge is -2.30. The zero-order chi connectivity index (χ0) is 13.8. The van der Waals surface area contributed by atoms with E-state index in [1.54, 1.807) is 12.1 Å². The first-order valence-corrected chi connectivity index (χ1v) is 7.16. The van der Waals surface area contributed by atoms with Crippen LogP contribution < -0.4 is 4.90 Å². The Morgan fingerprint density at radius 3 is 2.37 bits per heavy atom. The Labute approximate surface area is 115 Å². The number of hydrogen-bond acceptors (Lipinski definition) is 2. The smallest absolute Gasteiger partial charge is 0.335 e. The van der Waals surface area contributed by atoms with E-state index in [1.807, 2.05) is 13.0 Å². The van der Waals surface area contributed by atoms with Gasteiger partial charge in [-0.3, -0.25) is 0 Å². The molecule has 1 saturated carbocycles. The van der Waals surface area contributed by atoms with Gasteiger partial charge >= 0.3 is 5.97 Å². The monoisotopic (exact) mass is 261 g/mol. The molecule has 3 nitrogen and oxygen atoms in total. The van der Waals surface area contributed by atoms with Crippen LogP contribution >= 0.6 is 0 Å². The number of rotatable bonds is 3. The number of carboxylic acid groups (broad SMARTS) is 1. The molecular formula is C16H23NO2. The highest BCUT2D eigenvalue weighted by atomic mass is 16.4. The Morgan fingerprint density at radius 1 is 1.21 bits per heavy atom. The lowest BCUT2D eigenvalue weighted by Crippen LogP contribution is -2.31. The molecule has 104 valence electrons. The highest BCUT2D eigenvalue weighted by Gasteiger charge is 2.19. The molecule has 0 aliphatic heterocycles. The van der Waals surface area contributed by atoms with Gasteiger partial charge in [-0.05, 0) is 43.5 Å². The normalized spacial score (nSPS) is 16.9. The average Bonchev–Trinajstić information content (AvgIpc) is 2.66. The molecule has 1 N–H and O–H groups in total. The van der Waals surface area contributed by atoms with Crippen molar-refractivity contribution in [2.45, 2.75) is 51.5 Å². The van der Waals surface area contributed by atoms with Gasteiger partial charge in [0, 0.05) is 18.8 Å². The van der Waals surface area contributed by atoms with Gasteiger partial charge in [-0.15, -0.1) is 0 Å². The summed E-state index contributed by atoms with van der Waals surface area (Å²) in [5, 5.41) is 9.01. The SMILES string of the molecule is Cc1cc(C(=O)O)ccc1N(C)C1CCCCCC1. The van der Waals surface area contributed by atoms with Crippen molar-refractivity contribution >= 4 is 11.7 Å². The first-order valence-electron chi connectivity index (χ1n) is 7.16. The van der Waals surface area contributed by atoms with Gasteiger partial charge in [0.05, 0.1) is 5.56 Å². The number of benzene rings is 1. The topological polar surface area (TPSA) is 40.5 Å². The van der Waals surface area contributed by atoms with Gasteiger partial charge in [0.25, 0.3) is 0 Å². The highest BCUT2D eigenvalue weighted by molar-refractivity contribution is 5.88. The van der Waals surface area contributed by atoms with E-state index in [9.17, 15) is 4.79 Å². The van der Waals surface area contributed by atoms with Crippen LogP contribution in [0.5, 0.6) is 0 Å². The first kappa shape index (κ1) is 13.9. The summed E-state index contributed by atoms with van der Waals surface area (Å²) < 4.78 is 0. The van der Waals surface area contributed by atoms with Gasteiger partial charge in [-0.2, -0.15) is 0 Å². The summed E-state index contributed by atoms with van der Waals surface area (Å²) in [4.78, 5) is 13.3. The maximum Gasteiger partial charge on any atom is 0.335 e. The van der Waals surface area contributed by atoms with Gasteiger partial charge in [0.2, 0.25) is 0 Å². The highest BCUT2D eigenvalue weighted by Crippen LogP contribution is 2.28. The van der Waals surface area contributed by atoms with Crippen molar-refractivity contribution in [2.75, 3.05) is 11.9 Å². The molecule has 1 aromatic rings. The number of carbonyl (C=O) groups is 1. The Kier molecular flexibility index (Phi) is 4.46. The summed E-state index contributed by atoms with van der Waals surface area (Å²) in [7, 11) is 2.14. The van der Waals surface area contributed by atoms with Crippen LogP contribution in [0.3, 0.4) is 0 Å². The van der Waals surface area contributed by atoms with E-state index in [2.05, 4.69) is 11.9 Å². The van der Waals surface area contributed by atoms with E-state index in [1.165, 1.54) is 38.5 Å². The molecule has 0 spiro atoms. The summed E-state index contributed by atoms with van der Waals surface area (Å²) in [5.41, 5.74) is 2.58. The van der Waals surface area contributed by atoms with Crippen LogP contribution in [0.2, 0.25) is 0 Å². The van der Waals surface area contributed by atoms with Crippen LogP contribution in [0.15, 0.2) is 18.2 Å². The second-order valence-electron chi connectivity index (χ2n) is 5.56. The molecule has 0 aromatic heterocycles. The second-order valence-corrected chi connectivity index (χ2v) is 5.56. The summed E-state index contributed by atoms with van der Waals surface area (Å²) in [6.07, 6.45) is 7.80. The molecule has 2 rings (SSSR count). The van der Waals surface area contributed by atoms with Crippen molar-refractivity contribution in [3.63, 3.8) is 0 Å². The summed E-state index contributed by atoms with van der Waals surface area (Å²) in [6, 6.07) is 6.02. The molecule has 0 saturated heterocycles. The van der Waals surface area contributed by atoms with Crippen LogP contribution in [0.4, 0.5) is 5.69 Å². The predicted molar refractivity (Wildman–Crippen MR) is 78.0 cm³/mol. The second kappa shape index (κ2) is 6.09. The maximum atomic E-state index is 11.0. The number of anilines is 1. The first-order chi connectivity index (χ1) is 9.09. The minimum absolute atomic E-state index is 0.371. The lowest BCUT2D eigenvalue weighted by molar-refractivity contribution is 0.0697. The molecule has 19 heavy (non-hydrogen) atoms. The Morgan fingerprint density at radius 2 is 1.84 bits per heavy atom. The fourth-order valence-corrected chi connectivity index (χ4v) is 3.03. The molecule has 3 heteroatoms. The molecule has 0 bridgehead atoms. The summed E-state index contributed by atoms with van der Waals surface area (Å²) in [5.74, 6) is -0.855. The molecule has 0 heterocycles. The maximum absolute atomic E-state index is 11.0. The van der Waals surface area contributed by atoms with Crippen LogP contribution in [0.1, 0.15) is 54.4 Å². The van der Waals surface area contributed by atoms with Crippen LogP contribution in [-0.2, 0) is 0 Å². The third-order valence-electron chi connectivity index (χ3n) is 4.20. The van der Waals surface area contributed by atoms with E-state index in [0.29, 0.717) is 11.6 Å². The molecule has 1 aliphatic rings. The van der Waals surface area contributed by atoms with Gasteiger partial charge < -0.3 is 10.0 Å². The number of nitrogens with zero attached hydrogens (tertiary/aromatic N) is 1. The van der Waals surface area contributed by atoms with E-state index >= 15 is 0 Å². The fraction of sp³-hybridized carbons (Fsp3) is 0.562. The standard InChI is InChI=1S/C16H23NO2/c1-12-11-13(16(18)19)9-10-15(12)17(2)14-7-5-3-4-6-8-14/h9-11,14H,3-8H2,1-2H3,(H,18,19). The van der Waals surface area contributed by atoms with Crippen molar-refractivity contribution in [2.24, 2.45) is 0 Å². The van der Waals surface area contributed by atoms with Crippen molar-refractivity contribution in [3.05, 3.63) is 29.3 Å². The quantitative estimate of drug-likeness (QED) is 0.840. The Hall–Kier alpha value is -1.51. The van der Waals surface area contributed by atoms with E-state index < -0.39 is 5.97 Å². The number of aromatic carboxylic acids is 1. The molecule has 1 fully saturated rings. The molecular weight excluding hydrogens is 238 g/mol. The van der Waals surface area contributed by atoms with E-state index in [4.69, 9.17) is 5.11 Å². The fourth-order valence-electron chi connectivity index (χ4n) is 3.03. The lowest BCUT2D eigenvalue weighted by atomic mass is 10.0. The third kappa shape index (κ3) is 3.28. The minimum Gasteiger partial charge on any atom is -0.478 e. The Balaban J connectivity index is 2.18. The van der Waals surface area contributed by atoms with Gasteiger partial charge in [-0.25, -0.2) is 4.79 Å². The molecule has 0 atom stereocenters. The number of aryl methyl sites for hydroxylation is 1. The third-order valence-corrected chi connectivity index (χ3v) is 4.20. The van der Waals surface area contributed by atoms with Gasteiger partial charge in [0.1, 0.15) is 0 Å².